The highest BCUT2D eigenvalue weighted by Gasteiger charge is 2.21. The van der Waals surface area contributed by atoms with Crippen LogP contribution in [0.15, 0.2) is 23.1 Å². The zero-order valence-electron chi connectivity index (χ0n) is 12.3. The maximum Gasteiger partial charge on any atom is 0.244 e. The van der Waals surface area contributed by atoms with Gasteiger partial charge in [0.15, 0.2) is 0 Å². The molecule has 21 heavy (non-hydrogen) atoms. The molecule has 0 aromatic heterocycles. The molecule has 1 aliphatic rings. The van der Waals surface area contributed by atoms with Crippen LogP contribution in [-0.2, 0) is 16.6 Å². The van der Waals surface area contributed by atoms with E-state index >= 15 is 0 Å². The van der Waals surface area contributed by atoms with Crippen molar-refractivity contribution in [3.05, 3.63) is 23.8 Å². The average molecular weight is 313 g/mol. The monoisotopic (exact) mass is 313 g/mol. The summed E-state index contributed by atoms with van der Waals surface area (Å²) in [5.41, 5.74) is 0.548. The number of methoxy groups -OCH3 is 1. The molecule has 0 amide bonds. The minimum Gasteiger partial charge on any atom is -0.495 e. The number of rotatable bonds is 7. The molecule has 1 aromatic carbocycles. The summed E-state index contributed by atoms with van der Waals surface area (Å²) in [5.74, 6) is 0.930. The Bertz CT molecular complexity index is 565. The lowest BCUT2D eigenvalue weighted by Gasteiger charge is -2.13. The summed E-state index contributed by atoms with van der Waals surface area (Å²) >= 11 is 0. The summed E-state index contributed by atoms with van der Waals surface area (Å²) in [6.07, 6.45) is 5.78. The first-order chi connectivity index (χ1) is 10.1. The van der Waals surface area contributed by atoms with Crippen LogP contribution in [0.1, 0.15) is 37.7 Å². The minimum atomic E-state index is -3.61. The Morgan fingerprint density at radius 2 is 2.05 bits per heavy atom. The average Bonchev–Trinajstić information content (AvgIpc) is 2.99. The van der Waals surface area contributed by atoms with Gasteiger partial charge in [-0.2, -0.15) is 0 Å². The van der Waals surface area contributed by atoms with Gasteiger partial charge in [0.25, 0.3) is 0 Å². The molecular formula is C15H23NO4S. The van der Waals surface area contributed by atoms with Crippen molar-refractivity contribution in [2.75, 3.05) is 13.7 Å². The maximum absolute atomic E-state index is 12.4. The van der Waals surface area contributed by atoms with Crippen LogP contribution < -0.4 is 9.46 Å². The van der Waals surface area contributed by atoms with Crippen molar-refractivity contribution in [1.82, 2.24) is 4.72 Å². The van der Waals surface area contributed by atoms with E-state index < -0.39 is 10.0 Å². The highest BCUT2D eigenvalue weighted by atomic mass is 32.2. The molecule has 5 nitrogen and oxygen atoms in total. The van der Waals surface area contributed by atoms with Gasteiger partial charge < -0.3 is 9.84 Å². The molecule has 0 bridgehead atoms. The Kier molecular flexibility index (Phi) is 5.61. The molecular weight excluding hydrogens is 290 g/mol. The quantitative estimate of drug-likeness (QED) is 0.808. The van der Waals surface area contributed by atoms with Gasteiger partial charge >= 0.3 is 0 Å². The molecule has 0 unspecified atom stereocenters. The first-order valence-electron chi connectivity index (χ1n) is 7.34. The lowest BCUT2D eigenvalue weighted by atomic mass is 10.1. The number of aliphatic hydroxyl groups is 1. The van der Waals surface area contributed by atoms with Gasteiger partial charge in [-0.1, -0.05) is 31.7 Å². The topological polar surface area (TPSA) is 75.6 Å². The van der Waals surface area contributed by atoms with Crippen LogP contribution in [-0.4, -0.2) is 27.2 Å². The van der Waals surface area contributed by atoms with Crippen molar-refractivity contribution < 1.29 is 18.3 Å². The lowest BCUT2D eigenvalue weighted by Crippen LogP contribution is -2.26. The highest BCUT2D eigenvalue weighted by Crippen LogP contribution is 2.28. The molecule has 6 heteroatoms. The Hall–Kier alpha value is -1.11. The first kappa shape index (κ1) is 16.3. The highest BCUT2D eigenvalue weighted by molar-refractivity contribution is 7.89. The van der Waals surface area contributed by atoms with Crippen LogP contribution in [0, 0.1) is 5.92 Å². The number of nitrogens with one attached hydrogen (secondary N) is 1. The maximum atomic E-state index is 12.4. The molecule has 1 fully saturated rings. The van der Waals surface area contributed by atoms with Crippen LogP contribution in [0.25, 0.3) is 0 Å². The molecule has 0 heterocycles. The molecule has 0 radical (unpaired) electrons. The third-order valence-electron chi connectivity index (χ3n) is 4.02. The molecule has 0 aliphatic heterocycles. The summed E-state index contributed by atoms with van der Waals surface area (Å²) in [5, 5.41) is 9.15. The van der Waals surface area contributed by atoms with Gasteiger partial charge in [0.1, 0.15) is 10.6 Å². The fraction of sp³-hybridized carbons (Fsp3) is 0.600. The van der Waals surface area contributed by atoms with Crippen molar-refractivity contribution >= 4 is 10.0 Å². The predicted octanol–water partition coefficient (Wildman–Crippen LogP) is 2.05. The van der Waals surface area contributed by atoms with Crippen molar-refractivity contribution in [1.29, 1.82) is 0 Å². The summed E-state index contributed by atoms with van der Waals surface area (Å²) in [6, 6.07) is 4.67. The number of aliphatic hydroxyl groups excluding tert-OH is 1. The second-order valence-corrected chi connectivity index (χ2v) is 7.22. The fourth-order valence-electron chi connectivity index (χ4n) is 2.80. The number of hydrogen-bond donors (Lipinski definition) is 2. The van der Waals surface area contributed by atoms with Gasteiger partial charge in [-0.05, 0) is 30.0 Å². The first-order valence-corrected chi connectivity index (χ1v) is 8.82. The van der Waals surface area contributed by atoms with Gasteiger partial charge in [-0.15, -0.1) is 0 Å². The summed E-state index contributed by atoms with van der Waals surface area (Å²) < 4.78 is 32.5. The zero-order chi connectivity index (χ0) is 15.3. The Balaban J connectivity index is 2.06. The Morgan fingerprint density at radius 3 is 2.67 bits per heavy atom. The van der Waals surface area contributed by atoms with Crippen LogP contribution in [0.2, 0.25) is 0 Å². The number of sulfonamides is 1. The van der Waals surface area contributed by atoms with Crippen LogP contribution >= 0.6 is 0 Å². The van der Waals surface area contributed by atoms with Crippen LogP contribution in [0.5, 0.6) is 5.75 Å². The summed E-state index contributed by atoms with van der Waals surface area (Å²) in [4.78, 5) is 0.0861. The Labute approximate surface area is 126 Å². The number of benzene rings is 1. The minimum absolute atomic E-state index is 0.0861. The summed E-state index contributed by atoms with van der Waals surface area (Å²) in [7, 11) is -2.18. The smallest absolute Gasteiger partial charge is 0.244 e. The van der Waals surface area contributed by atoms with E-state index in [4.69, 9.17) is 9.84 Å². The largest absolute Gasteiger partial charge is 0.495 e. The molecule has 0 spiro atoms. The molecule has 0 atom stereocenters. The second kappa shape index (κ2) is 7.24. The van der Waals surface area contributed by atoms with Gasteiger partial charge in [-0.3, -0.25) is 0 Å². The van der Waals surface area contributed by atoms with Gasteiger partial charge in [0.05, 0.1) is 13.7 Å². The van der Waals surface area contributed by atoms with Crippen molar-refractivity contribution in [3.63, 3.8) is 0 Å². The standard InChI is InChI=1S/C15H23NO4S/c1-20-14-7-6-13(11-17)10-15(14)21(18,19)16-9-8-12-4-2-3-5-12/h6-7,10,12,16-17H,2-5,8-9,11H2,1H3. The lowest BCUT2D eigenvalue weighted by molar-refractivity contribution is 0.281. The van der Waals surface area contributed by atoms with Crippen molar-refractivity contribution in [3.8, 4) is 5.75 Å². The van der Waals surface area contributed by atoms with Gasteiger partial charge in [-0.25, -0.2) is 13.1 Å². The third-order valence-corrected chi connectivity index (χ3v) is 5.50. The zero-order valence-corrected chi connectivity index (χ0v) is 13.2. The molecule has 1 aliphatic carbocycles. The molecule has 118 valence electrons. The van der Waals surface area contributed by atoms with E-state index in [1.807, 2.05) is 0 Å². The van der Waals surface area contributed by atoms with E-state index in [-0.39, 0.29) is 11.5 Å². The Morgan fingerprint density at radius 1 is 1.33 bits per heavy atom. The number of hydrogen-bond acceptors (Lipinski definition) is 4. The van der Waals surface area contributed by atoms with E-state index in [1.54, 1.807) is 12.1 Å². The molecule has 1 aromatic rings. The van der Waals surface area contributed by atoms with E-state index in [1.165, 1.54) is 38.9 Å². The third kappa shape index (κ3) is 4.18. The fourth-order valence-corrected chi connectivity index (χ4v) is 4.07. The number of ether oxygens (including phenoxy) is 1. The van der Waals surface area contributed by atoms with Crippen LogP contribution in [0.3, 0.4) is 0 Å². The molecule has 0 saturated heterocycles. The van der Waals surface area contributed by atoms with E-state index in [0.29, 0.717) is 23.8 Å². The normalized spacial score (nSPS) is 16.3. The van der Waals surface area contributed by atoms with E-state index in [9.17, 15) is 8.42 Å². The van der Waals surface area contributed by atoms with Crippen LogP contribution in [0.4, 0.5) is 0 Å². The molecule has 1 saturated carbocycles. The van der Waals surface area contributed by atoms with Gasteiger partial charge in [0.2, 0.25) is 10.0 Å². The van der Waals surface area contributed by atoms with Gasteiger partial charge in [0, 0.05) is 6.54 Å². The second-order valence-electron chi connectivity index (χ2n) is 5.48. The van der Waals surface area contributed by atoms with E-state index in [2.05, 4.69) is 4.72 Å². The predicted molar refractivity (Wildman–Crippen MR) is 80.7 cm³/mol. The van der Waals surface area contributed by atoms with Crippen molar-refractivity contribution in [2.45, 2.75) is 43.6 Å². The molecule has 2 N–H and O–H groups in total. The summed E-state index contributed by atoms with van der Waals surface area (Å²) in [6.45, 7) is 0.244. The van der Waals surface area contributed by atoms with E-state index in [0.717, 1.165) is 6.42 Å². The molecule has 2 rings (SSSR count). The van der Waals surface area contributed by atoms with Crippen molar-refractivity contribution in [2.24, 2.45) is 5.92 Å². The SMILES string of the molecule is COc1ccc(CO)cc1S(=O)(=O)NCCC1CCCC1.